The average Bonchev–Trinajstić information content (AvgIpc) is 3.37. The molecule has 3 heteroatoms. The molecule has 0 unspecified atom stereocenters. The zero-order valence-corrected chi connectivity index (χ0v) is 20.0. The van der Waals surface area contributed by atoms with E-state index in [1.807, 2.05) is 66.7 Å². The molecule has 2 heterocycles. The van der Waals surface area contributed by atoms with Crippen molar-refractivity contribution in [2.45, 2.75) is 0 Å². The summed E-state index contributed by atoms with van der Waals surface area (Å²) in [5, 5.41) is 2.28. The van der Waals surface area contributed by atoms with E-state index in [1.165, 1.54) is 0 Å². The molecule has 0 aliphatic rings. The lowest BCUT2D eigenvalue weighted by atomic mass is 9.97. The van der Waals surface area contributed by atoms with Crippen molar-refractivity contribution >= 4 is 21.9 Å². The number of furan rings is 1. The Morgan fingerprint density at radius 1 is 0.432 bits per heavy atom. The average molecular weight is 475 g/mol. The number of hydrogen-bond acceptors (Lipinski definition) is 3. The minimum atomic E-state index is 0.718. The smallest absolute Gasteiger partial charge is 0.160 e. The molecule has 0 amide bonds. The van der Waals surface area contributed by atoms with Gasteiger partial charge in [0, 0.05) is 27.5 Å². The van der Waals surface area contributed by atoms with Gasteiger partial charge in [0.2, 0.25) is 0 Å². The molecule has 174 valence electrons. The minimum absolute atomic E-state index is 0.718. The quantitative estimate of drug-likeness (QED) is 0.255. The van der Waals surface area contributed by atoms with Crippen molar-refractivity contribution in [1.29, 1.82) is 0 Å². The number of benzene rings is 5. The van der Waals surface area contributed by atoms with Gasteiger partial charge in [-0.2, -0.15) is 0 Å². The fourth-order valence-electron chi connectivity index (χ4n) is 4.90. The molecule has 2 aromatic heterocycles. The Hall–Kier alpha value is -5.02. The molecular weight excluding hydrogens is 452 g/mol. The summed E-state index contributed by atoms with van der Waals surface area (Å²) >= 11 is 0. The van der Waals surface area contributed by atoms with Crippen LogP contribution in [0.2, 0.25) is 0 Å². The van der Waals surface area contributed by atoms with Crippen molar-refractivity contribution in [3.05, 3.63) is 133 Å². The Balaban J connectivity index is 1.34. The number of nitrogens with zero attached hydrogens (tertiary/aromatic N) is 2. The largest absolute Gasteiger partial charge is 0.456 e. The number of aromatic nitrogens is 2. The van der Waals surface area contributed by atoms with E-state index in [0.717, 1.165) is 67.0 Å². The van der Waals surface area contributed by atoms with Gasteiger partial charge in [-0.15, -0.1) is 0 Å². The Morgan fingerprint density at radius 2 is 1.00 bits per heavy atom. The van der Waals surface area contributed by atoms with E-state index in [1.54, 1.807) is 0 Å². The molecule has 0 fully saturated rings. The van der Waals surface area contributed by atoms with E-state index in [2.05, 4.69) is 66.7 Å². The van der Waals surface area contributed by atoms with E-state index in [9.17, 15) is 0 Å². The van der Waals surface area contributed by atoms with Crippen molar-refractivity contribution in [2.75, 3.05) is 0 Å². The normalized spacial score (nSPS) is 11.2. The monoisotopic (exact) mass is 474 g/mol. The first-order valence-corrected chi connectivity index (χ1v) is 12.3. The van der Waals surface area contributed by atoms with Crippen LogP contribution >= 0.6 is 0 Å². The van der Waals surface area contributed by atoms with Gasteiger partial charge in [0.1, 0.15) is 11.2 Å². The fourth-order valence-corrected chi connectivity index (χ4v) is 4.90. The molecule has 7 aromatic rings. The molecule has 0 radical (unpaired) electrons. The van der Waals surface area contributed by atoms with E-state index in [0.29, 0.717) is 0 Å². The maximum Gasteiger partial charge on any atom is 0.160 e. The predicted molar refractivity (Wildman–Crippen MR) is 151 cm³/mol. The van der Waals surface area contributed by atoms with E-state index in [4.69, 9.17) is 14.4 Å². The molecule has 0 spiro atoms. The molecule has 0 saturated heterocycles. The van der Waals surface area contributed by atoms with Crippen LogP contribution in [0.5, 0.6) is 0 Å². The number of rotatable bonds is 4. The van der Waals surface area contributed by atoms with Gasteiger partial charge in [-0.3, -0.25) is 0 Å². The highest BCUT2D eigenvalue weighted by atomic mass is 16.3. The summed E-state index contributed by atoms with van der Waals surface area (Å²) in [5.41, 5.74) is 9.02. The second-order valence-corrected chi connectivity index (χ2v) is 9.05. The number of fused-ring (bicyclic) bond motifs is 3. The Kier molecular flexibility index (Phi) is 5.11. The van der Waals surface area contributed by atoms with Crippen molar-refractivity contribution in [3.8, 4) is 45.0 Å². The lowest BCUT2D eigenvalue weighted by molar-refractivity contribution is 0.669. The summed E-state index contributed by atoms with van der Waals surface area (Å²) in [5.74, 6) is 0.718. The molecule has 0 atom stereocenters. The molecule has 0 aliphatic carbocycles. The fraction of sp³-hybridized carbons (Fsp3) is 0. The maximum atomic E-state index is 6.10. The van der Waals surface area contributed by atoms with Crippen LogP contribution in [0.25, 0.3) is 67.0 Å². The summed E-state index contributed by atoms with van der Waals surface area (Å²) in [4.78, 5) is 9.86. The van der Waals surface area contributed by atoms with Gasteiger partial charge in [-0.25, -0.2) is 9.97 Å². The van der Waals surface area contributed by atoms with Crippen LogP contribution in [0.1, 0.15) is 0 Å². The number of para-hydroxylation sites is 1. The van der Waals surface area contributed by atoms with Gasteiger partial charge in [0.25, 0.3) is 0 Å². The highest BCUT2D eigenvalue weighted by Gasteiger charge is 2.13. The third kappa shape index (κ3) is 3.87. The summed E-state index contributed by atoms with van der Waals surface area (Å²) in [6.45, 7) is 0. The van der Waals surface area contributed by atoms with Crippen LogP contribution in [0, 0.1) is 0 Å². The van der Waals surface area contributed by atoms with Crippen LogP contribution in [0.3, 0.4) is 0 Å². The Bertz CT molecular complexity index is 1800. The highest BCUT2D eigenvalue weighted by molar-refractivity contribution is 6.12. The first-order chi connectivity index (χ1) is 18.3. The highest BCUT2D eigenvalue weighted by Crippen LogP contribution is 2.37. The van der Waals surface area contributed by atoms with Crippen molar-refractivity contribution in [1.82, 2.24) is 9.97 Å². The van der Waals surface area contributed by atoms with E-state index in [-0.39, 0.29) is 0 Å². The Morgan fingerprint density at radius 3 is 1.73 bits per heavy atom. The summed E-state index contributed by atoms with van der Waals surface area (Å²) < 4.78 is 6.10. The maximum absolute atomic E-state index is 6.10. The lowest BCUT2D eigenvalue weighted by Crippen LogP contribution is -1.95. The van der Waals surface area contributed by atoms with Crippen molar-refractivity contribution in [3.63, 3.8) is 0 Å². The molecule has 0 N–H and O–H groups in total. The second-order valence-electron chi connectivity index (χ2n) is 9.05. The van der Waals surface area contributed by atoms with E-state index < -0.39 is 0 Å². The molecule has 0 bridgehead atoms. The lowest BCUT2D eigenvalue weighted by Gasteiger charge is -2.10. The van der Waals surface area contributed by atoms with Crippen LogP contribution in [0.15, 0.2) is 138 Å². The molecule has 0 aliphatic heterocycles. The zero-order chi connectivity index (χ0) is 24.6. The third-order valence-electron chi connectivity index (χ3n) is 6.72. The van der Waals surface area contributed by atoms with Gasteiger partial charge in [0.05, 0.1) is 11.4 Å². The van der Waals surface area contributed by atoms with Crippen LogP contribution in [0.4, 0.5) is 0 Å². The summed E-state index contributed by atoms with van der Waals surface area (Å²) in [6, 6.07) is 45.5. The molecule has 37 heavy (non-hydrogen) atoms. The van der Waals surface area contributed by atoms with Crippen molar-refractivity contribution < 1.29 is 4.42 Å². The minimum Gasteiger partial charge on any atom is -0.456 e. The molecule has 5 aromatic carbocycles. The van der Waals surface area contributed by atoms with Crippen molar-refractivity contribution in [2.24, 2.45) is 0 Å². The molecule has 0 saturated carbocycles. The SMILES string of the molecule is c1ccc(-c2cc(-c3ccc(-c4cccc5oc6ccccc6c45)cc3)nc(-c3ccccc3)n2)cc1. The van der Waals surface area contributed by atoms with Gasteiger partial charge >= 0.3 is 0 Å². The third-order valence-corrected chi connectivity index (χ3v) is 6.72. The summed E-state index contributed by atoms with van der Waals surface area (Å²) in [6.07, 6.45) is 0. The first kappa shape index (κ1) is 21.3. The Labute approximate surface area is 214 Å². The topological polar surface area (TPSA) is 38.9 Å². The van der Waals surface area contributed by atoms with Crippen LogP contribution in [-0.4, -0.2) is 9.97 Å². The van der Waals surface area contributed by atoms with Gasteiger partial charge in [-0.05, 0) is 29.3 Å². The predicted octanol–water partition coefficient (Wildman–Crippen LogP) is 9.04. The standard InChI is InChI=1S/C34H22N2O/c1-3-10-24(11-4-1)29-22-30(36-34(35-29)26-12-5-2-6-13-26)25-20-18-23(19-21-25)27-15-9-17-32-33(27)28-14-7-8-16-31(28)37-32/h1-22H. The zero-order valence-electron chi connectivity index (χ0n) is 20.0. The molecule has 7 rings (SSSR count). The second kappa shape index (κ2) is 8.89. The van der Waals surface area contributed by atoms with Crippen LogP contribution < -0.4 is 0 Å². The summed E-state index contributed by atoms with van der Waals surface area (Å²) in [7, 11) is 0. The van der Waals surface area contributed by atoms with Gasteiger partial charge < -0.3 is 4.42 Å². The first-order valence-electron chi connectivity index (χ1n) is 12.3. The molecular formula is C34H22N2O. The van der Waals surface area contributed by atoms with Crippen LogP contribution in [-0.2, 0) is 0 Å². The number of hydrogen-bond donors (Lipinski definition) is 0. The molecule has 3 nitrogen and oxygen atoms in total. The van der Waals surface area contributed by atoms with Gasteiger partial charge in [-0.1, -0.05) is 115 Å². The van der Waals surface area contributed by atoms with Gasteiger partial charge in [0.15, 0.2) is 5.82 Å². The van der Waals surface area contributed by atoms with E-state index >= 15 is 0 Å².